The van der Waals surface area contributed by atoms with Gasteiger partial charge in [0.05, 0.1) is 11.1 Å². The lowest BCUT2D eigenvalue weighted by Crippen LogP contribution is -1.99. The molecule has 0 aromatic heterocycles. The largest absolute Gasteiger partial charge is 0.478 e. The van der Waals surface area contributed by atoms with Crippen molar-refractivity contribution in [3.05, 3.63) is 69.4 Å². The van der Waals surface area contributed by atoms with Crippen molar-refractivity contribution in [3.63, 3.8) is 0 Å². The maximum atomic E-state index is 12.2. The molecular weight excluding hydrogens is 336 g/mol. The summed E-state index contributed by atoms with van der Waals surface area (Å²) in [5, 5.41) is 8.85. The van der Waals surface area contributed by atoms with Crippen LogP contribution in [0.1, 0.15) is 26.3 Å². The molecule has 1 N–H and O–H groups in total. The van der Waals surface area contributed by atoms with Crippen molar-refractivity contribution < 1.29 is 19.4 Å². The minimum atomic E-state index is -0.986. The molecule has 1 heterocycles. The number of Topliss-reactive ketones (excluding diaryl/α,β-unsaturated/α-hetero) is 1. The lowest BCUT2D eigenvalue weighted by atomic mass is 10.1. The number of rotatable bonds is 2. The Hall–Kier alpha value is -2.40. The van der Waals surface area contributed by atoms with Crippen molar-refractivity contribution in [2.45, 2.75) is 0 Å². The van der Waals surface area contributed by atoms with Gasteiger partial charge in [0.25, 0.3) is 0 Å². The van der Waals surface area contributed by atoms with Crippen LogP contribution in [0, 0.1) is 0 Å². The zero-order valence-corrected chi connectivity index (χ0v) is 12.3. The predicted octanol–water partition coefficient (Wildman–Crippen LogP) is 3.76. The van der Waals surface area contributed by atoms with E-state index in [0.29, 0.717) is 16.9 Å². The summed E-state index contributed by atoms with van der Waals surface area (Å²) in [6.07, 6.45) is 1.60. The number of halogens is 1. The van der Waals surface area contributed by atoms with Gasteiger partial charge in [-0.15, -0.1) is 0 Å². The van der Waals surface area contributed by atoms with E-state index >= 15 is 0 Å². The molecule has 0 aliphatic carbocycles. The smallest absolute Gasteiger partial charge is 0.335 e. The molecule has 0 saturated heterocycles. The van der Waals surface area contributed by atoms with Crippen molar-refractivity contribution in [1.29, 1.82) is 0 Å². The lowest BCUT2D eigenvalue weighted by molar-refractivity contribution is 0.0696. The van der Waals surface area contributed by atoms with Crippen LogP contribution in [-0.4, -0.2) is 16.9 Å². The summed E-state index contributed by atoms with van der Waals surface area (Å²) in [5.74, 6) is -0.420. The molecule has 2 aromatic rings. The number of allylic oxidation sites excluding steroid dienone is 1. The first-order valence-corrected chi connectivity index (χ1v) is 6.91. The molecule has 0 spiro atoms. The van der Waals surface area contributed by atoms with E-state index in [1.165, 1.54) is 12.1 Å². The number of hydrogen-bond donors (Lipinski definition) is 1. The molecule has 0 fully saturated rings. The molecule has 104 valence electrons. The Morgan fingerprint density at radius 2 is 1.86 bits per heavy atom. The summed E-state index contributed by atoms with van der Waals surface area (Å²) < 4.78 is 6.34. The summed E-state index contributed by atoms with van der Waals surface area (Å²) in [7, 11) is 0. The van der Waals surface area contributed by atoms with Crippen LogP contribution in [0.15, 0.2) is 52.7 Å². The Bertz CT molecular complexity index is 775. The number of aromatic carboxylic acids is 1. The second-order valence-corrected chi connectivity index (χ2v) is 5.42. The number of carbonyl (C=O) groups excluding carboxylic acids is 1. The number of carboxylic acids is 1. The van der Waals surface area contributed by atoms with Crippen molar-refractivity contribution in [2.24, 2.45) is 0 Å². The third-order valence-corrected chi connectivity index (χ3v) is 3.58. The van der Waals surface area contributed by atoms with E-state index in [1.54, 1.807) is 36.4 Å². The first-order chi connectivity index (χ1) is 10.0. The van der Waals surface area contributed by atoms with Crippen LogP contribution in [0.4, 0.5) is 0 Å². The van der Waals surface area contributed by atoms with Crippen LogP contribution in [0.3, 0.4) is 0 Å². The van der Waals surface area contributed by atoms with Gasteiger partial charge in [0, 0.05) is 4.47 Å². The zero-order valence-electron chi connectivity index (χ0n) is 10.7. The topological polar surface area (TPSA) is 63.6 Å². The minimum absolute atomic E-state index is 0.186. The minimum Gasteiger partial charge on any atom is -0.478 e. The molecule has 0 saturated carbocycles. The first-order valence-electron chi connectivity index (χ1n) is 6.12. The number of ketones is 1. The van der Waals surface area contributed by atoms with Gasteiger partial charge in [-0.3, -0.25) is 4.79 Å². The monoisotopic (exact) mass is 344 g/mol. The normalized spacial score (nSPS) is 14.9. The molecule has 0 amide bonds. The van der Waals surface area contributed by atoms with Crippen molar-refractivity contribution in [1.82, 2.24) is 0 Å². The highest BCUT2D eigenvalue weighted by atomic mass is 79.9. The summed E-state index contributed by atoms with van der Waals surface area (Å²) in [4.78, 5) is 23.0. The highest BCUT2D eigenvalue weighted by molar-refractivity contribution is 9.10. The number of benzene rings is 2. The van der Waals surface area contributed by atoms with Crippen LogP contribution >= 0.6 is 15.9 Å². The molecule has 4 nitrogen and oxygen atoms in total. The van der Waals surface area contributed by atoms with Crippen LogP contribution in [-0.2, 0) is 0 Å². The molecule has 2 aromatic carbocycles. The van der Waals surface area contributed by atoms with Gasteiger partial charge in [-0.1, -0.05) is 28.1 Å². The second kappa shape index (κ2) is 5.18. The predicted molar refractivity (Wildman–Crippen MR) is 80.5 cm³/mol. The van der Waals surface area contributed by atoms with Crippen LogP contribution in [0.2, 0.25) is 0 Å². The molecule has 3 rings (SSSR count). The van der Waals surface area contributed by atoms with E-state index in [1.807, 2.05) is 0 Å². The molecule has 0 radical (unpaired) electrons. The Kier molecular flexibility index (Phi) is 3.35. The molecule has 0 atom stereocenters. The SMILES string of the molecule is O=C(O)c1ccc(C=C2Oc3ccc(Br)cc3C2=O)cc1. The van der Waals surface area contributed by atoms with Crippen LogP contribution in [0.25, 0.3) is 6.08 Å². The van der Waals surface area contributed by atoms with E-state index in [0.717, 1.165) is 4.47 Å². The van der Waals surface area contributed by atoms with Crippen molar-refractivity contribution in [3.8, 4) is 5.75 Å². The third kappa shape index (κ3) is 2.60. The van der Waals surface area contributed by atoms with Gasteiger partial charge in [-0.05, 0) is 42.0 Å². The summed E-state index contributed by atoms with van der Waals surface area (Å²) in [6.45, 7) is 0. The summed E-state index contributed by atoms with van der Waals surface area (Å²) >= 11 is 3.32. The van der Waals surface area contributed by atoms with E-state index < -0.39 is 5.97 Å². The number of fused-ring (bicyclic) bond motifs is 1. The van der Waals surface area contributed by atoms with E-state index in [4.69, 9.17) is 9.84 Å². The van der Waals surface area contributed by atoms with Crippen LogP contribution in [0.5, 0.6) is 5.75 Å². The van der Waals surface area contributed by atoms with Gasteiger partial charge >= 0.3 is 5.97 Å². The molecule has 1 aliphatic rings. The maximum absolute atomic E-state index is 12.2. The fraction of sp³-hybridized carbons (Fsp3) is 0. The average molecular weight is 345 g/mol. The zero-order chi connectivity index (χ0) is 15.0. The average Bonchev–Trinajstić information content (AvgIpc) is 2.76. The number of hydrogen-bond acceptors (Lipinski definition) is 3. The Morgan fingerprint density at radius 1 is 1.14 bits per heavy atom. The molecule has 0 unspecified atom stereocenters. The van der Waals surface area contributed by atoms with Gasteiger partial charge < -0.3 is 9.84 Å². The van der Waals surface area contributed by atoms with Gasteiger partial charge in [0.2, 0.25) is 5.78 Å². The number of ether oxygens (including phenoxy) is 1. The highest BCUT2D eigenvalue weighted by Gasteiger charge is 2.27. The molecule has 1 aliphatic heterocycles. The third-order valence-electron chi connectivity index (χ3n) is 3.09. The molecule has 0 bridgehead atoms. The Morgan fingerprint density at radius 3 is 2.52 bits per heavy atom. The highest BCUT2D eigenvalue weighted by Crippen LogP contribution is 2.33. The fourth-order valence-corrected chi connectivity index (χ4v) is 2.40. The van der Waals surface area contributed by atoms with Gasteiger partial charge in [0.1, 0.15) is 5.75 Å². The quantitative estimate of drug-likeness (QED) is 0.842. The second-order valence-electron chi connectivity index (χ2n) is 4.51. The number of carboxylic acid groups (broad SMARTS) is 1. The van der Waals surface area contributed by atoms with Crippen molar-refractivity contribution >= 4 is 33.8 Å². The molecular formula is C16H9BrO4. The fourth-order valence-electron chi connectivity index (χ4n) is 2.03. The van der Waals surface area contributed by atoms with Gasteiger partial charge in [0.15, 0.2) is 5.76 Å². The number of carbonyl (C=O) groups is 2. The van der Waals surface area contributed by atoms with E-state index in [-0.39, 0.29) is 17.1 Å². The summed E-state index contributed by atoms with van der Waals surface area (Å²) in [5.41, 5.74) is 1.41. The Balaban J connectivity index is 1.92. The van der Waals surface area contributed by atoms with Crippen molar-refractivity contribution in [2.75, 3.05) is 0 Å². The lowest BCUT2D eigenvalue weighted by Gasteiger charge is -1.99. The van der Waals surface area contributed by atoms with Gasteiger partial charge in [-0.25, -0.2) is 4.79 Å². The maximum Gasteiger partial charge on any atom is 0.335 e. The summed E-state index contributed by atoms with van der Waals surface area (Å²) in [6, 6.07) is 11.5. The Labute approximate surface area is 128 Å². The molecule has 21 heavy (non-hydrogen) atoms. The molecule has 5 heteroatoms. The van der Waals surface area contributed by atoms with E-state index in [9.17, 15) is 9.59 Å². The van der Waals surface area contributed by atoms with E-state index in [2.05, 4.69) is 15.9 Å². The van der Waals surface area contributed by atoms with Gasteiger partial charge in [-0.2, -0.15) is 0 Å². The standard InChI is InChI=1S/C16H9BrO4/c17-11-5-6-13-12(8-11)15(18)14(21-13)7-9-1-3-10(4-2-9)16(19)20/h1-8H,(H,19,20). The van der Waals surface area contributed by atoms with Crippen LogP contribution < -0.4 is 4.74 Å². The first kappa shape index (κ1) is 13.6.